The number of hydrogen-bond acceptors (Lipinski definition) is 4. The van der Waals surface area contributed by atoms with E-state index < -0.39 is 10.0 Å². The van der Waals surface area contributed by atoms with Crippen molar-refractivity contribution in [2.75, 3.05) is 33.2 Å². The Morgan fingerprint density at radius 2 is 2.15 bits per heavy atom. The number of nitrogens with zero attached hydrogens (tertiary/aromatic N) is 1. The molecule has 0 radical (unpaired) electrons. The molecule has 0 aliphatic rings. The first-order chi connectivity index (χ1) is 9.49. The van der Waals surface area contributed by atoms with Crippen LogP contribution in [0.2, 0.25) is 0 Å². The number of hydrogen-bond donors (Lipinski definition) is 2. The van der Waals surface area contributed by atoms with Gasteiger partial charge in [0.25, 0.3) is 0 Å². The van der Waals surface area contributed by atoms with E-state index in [-0.39, 0.29) is 11.4 Å². The van der Waals surface area contributed by atoms with Gasteiger partial charge in [0.1, 0.15) is 0 Å². The Labute approximate surface area is 121 Å². The third-order valence-electron chi connectivity index (χ3n) is 2.80. The van der Waals surface area contributed by atoms with E-state index in [2.05, 4.69) is 16.6 Å². The molecule has 0 amide bonds. The Hall–Kier alpha value is -1.39. The average Bonchev–Trinajstić information content (AvgIpc) is 2.45. The smallest absolute Gasteiger partial charge is 0.240 e. The Morgan fingerprint density at radius 1 is 1.40 bits per heavy atom. The summed E-state index contributed by atoms with van der Waals surface area (Å²) in [7, 11) is -1.55. The highest BCUT2D eigenvalue weighted by Crippen LogP contribution is 2.10. The fourth-order valence-corrected chi connectivity index (χ4v) is 2.57. The van der Waals surface area contributed by atoms with Crippen LogP contribution < -0.4 is 10.5 Å². The molecule has 3 N–H and O–H groups in total. The summed E-state index contributed by atoms with van der Waals surface area (Å²) >= 11 is 0. The van der Waals surface area contributed by atoms with Crippen LogP contribution in [0.4, 0.5) is 0 Å². The Bertz CT molecular complexity index is 588. The van der Waals surface area contributed by atoms with Crippen LogP contribution >= 0.6 is 0 Å². The van der Waals surface area contributed by atoms with Gasteiger partial charge in [-0.3, -0.25) is 0 Å². The van der Waals surface area contributed by atoms with Crippen LogP contribution in [0, 0.1) is 11.8 Å². The molecule has 1 rings (SSSR count). The van der Waals surface area contributed by atoms with E-state index >= 15 is 0 Å². The van der Waals surface area contributed by atoms with Crippen LogP contribution in [0.25, 0.3) is 0 Å². The standard InChI is InChI=1S/C14H21N3O2S/c1-3-17(2)11-10-16-20(18,19)14-8-4-6-13(12-14)7-5-9-15/h4,6,8,12,16H,3,9-11,15H2,1-2H3. The number of benzene rings is 1. The minimum atomic E-state index is -3.49. The first-order valence-corrected chi connectivity index (χ1v) is 7.95. The van der Waals surface area contributed by atoms with Crippen LogP contribution in [-0.4, -0.2) is 46.5 Å². The van der Waals surface area contributed by atoms with Crippen LogP contribution in [0.1, 0.15) is 12.5 Å². The zero-order valence-electron chi connectivity index (χ0n) is 11.9. The van der Waals surface area contributed by atoms with Crippen molar-refractivity contribution in [2.24, 2.45) is 5.73 Å². The molecule has 0 saturated heterocycles. The van der Waals surface area contributed by atoms with Crippen molar-refractivity contribution < 1.29 is 8.42 Å². The molecule has 0 aliphatic carbocycles. The molecule has 6 heteroatoms. The maximum Gasteiger partial charge on any atom is 0.240 e. The van der Waals surface area contributed by atoms with Crippen molar-refractivity contribution in [3.63, 3.8) is 0 Å². The van der Waals surface area contributed by atoms with Gasteiger partial charge in [0.05, 0.1) is 11.4 Å². The summed E-state index contributed by atoms with van der Waals surface area (Å²) in [4.78, 5) is 2.26. The summed E-state index contributed by atoms with van der Waals surface area (Å²) in [5.41, 5.74) is 5.94. The van der Waals surface area contributed by atoms with Gasteiger partial charge in [-0.1, -0.05) is 24.8 Å². The third kappa shape index (κ3) is 5.31. The molecule has 0 fully saturated rings. The van der Waals surface area contributed by atoms with Gasteiger partial charge < -0.3 is 10.6 Å². The van der Waals surface area contributed by atoms with Gasteiger partial charge in [0.2, 0.25) is 10.0 Å². The Kier molecular flexibility index (Phi) is 6.68. The number of nitrogens with two attached hydrogens (primary N) is 1. The maximum absolute atomic E-state index is 12.1. The number of likely N-dealkylation sites (N-methyl/N-ethyl adjacent to an activating group) is 1. The second kappa shape index (κ2) is 8.02. The second-order valence-electron chi connectivity index (χ2n) is 4.33. The fourth-order valence-electron chi connectivity index (χ4n) is 1.51. The third-order valence-corrected chi connectivity index (χ3v) is 4.26. The van der Waals surface area contributed by atoms with Crippen LogP contribution in [0.3, 0.4) is 0 Å². The molecule has 5 nitrogen and oxygen atoms in total. The van der Waals surface area contributed by atoms with Crippen LogP contribution in [-0.2, 0) is 10.0 Å². The highest BCUT2D eigenvalue weighted by atomic mass is 32.2. The summed E-state index contributed by atoms with van der Waals surface area (Å²) in [6, 6.07) is 6.54. The summed E-state index contributed by atoms with van der Waals surface area (Å²) < 4.78 is 26.8. The van der Waals surface area contributed by atoms with Crippen LogP contribution in [0.15, 0.2) is 29.2 Å². The molecule has 0 spiro atoms. The van der Waals surface area contributed by atoms with Gasteiger partial charge in [-0.05, 0) is 31.8 Å². The van der Waals surface area contributed by atoms with Crippen molar-refractivity contribution in [1.29, 1.82) is 0 Å². The van der Waals surface area contributed by atoms with Gasteiger partial charge in [-0.25, -0.2) is 13.1 Å². The van der Waals surface area contributed by atoms with E-state index in [0.29, 0.717) is 18.7 Å². The normalized spacial score (nSPS) is 11.2. The van der Waals surface area contributed by atoms with E-state index in [1.54, 1.807) is 24.3 Å². The lowest BCUT2D eigenvalue weighted by molar-refractivity contribution is 0.358. The van der Waals surface area contributed by atoms with E-state index in [1.165, 1.54) is 0 Å². The van der Waals surface area contributed by atoms with Gasteiger partial charge in [-0.15, -0.1) is 0 Å². The molecule has 0 aromatic heterocycles. The molecule has 0 heterocycles. The van der Waals surface area contributed by atoms with Gasteiger partial charge >= 0.3 is 0 Å². The quantitative estimate of drug-likeness (QED) is 0.737. The lowest BCUT2D eigenvalue weighted by Crippen LogP contribution is -2.32. The topological polar surface area (TPSA) is 75.4 Å². The first kappa shape index (κ1) is 16.7. The molecular weight excluding hydrogens is 274 g/mol. The molecule has 0 bridgehead atoms. The number of rotatable bonds is 6. The van der Waals surface area contributed by atoms with E-state index in [9.17, 15) is 8.42 Å². The highest BCUT2D eigenvalue weighted by molar-refractivity contribution is 7.89. The Balaban J connectivity index is 2.77. The first-order valence-electron chi connectivity index (χ1n) is 6.47. The largest absolute Gasteiger partial charge is 0.320 e. The predicted octanol–water partition coefficient (Wildman–Crippen LogP) is 0.227. The van der Waals surface area contributed by atoms with Crippen molar-refractivity contribution in [3.05, 3.63) is 29.8 Å². The summed E-state index contributed by atoms with van der Waals surface area (Å²) in [6.07, 6.45) is 0. The minimum absolute atomic E-state index is 0.223. The number of nitrogens with one attached hydrogen (secondary N) is 1. The summed E-state index contributed by atoms with van der Waals surface area (Å²) in [6.45, 7) is 4.20. The predicted molar refractivity (Wildman–Crippen MR) is 80.7 cm³/mol. The lowest BCUT2D eigenvalue weighted by Gasteiger charge is -2.14. The summed E-state index contributed by atoms with van der Waals surface area (Å²) in [5.74, 6) is 5.53. The zero-order chi connectivity index (χ0) is 15.0. The molecule has 20 heavy (non-hydrogen) atoms. The number of sulfonamides is 1. The molecule has 0 saturated carbocycles. The minimum Gasteiger partial charge on any atom is -0.320 e. The average molecular weight is 295 g/mol. The molecule has 1 aromatic carbocycles. The Morgan fingerprint density at radius 3 is 2.80 bits per heavy atom. The summed E-state index contributed by atoms with van der Waals surface area (Å²) in [5, 5.41) is 0. The molecule has 110 valence electrons. The highest BCUT2D eigenvalue weighted by Gasteiger charge is 2.13. The molecule has 0 unspecified atom stereocenters. The molecule has 0 aliphatic heterocycles. The van der Waals surface area contributed by atoms with E-state index in [0.717, 1.165) is 6.54 Å². The van der Waals surface area contributed by atoms with Gasteiger partial charge in [0, 0.05) is 18.7 Å². The molecular formula is C14H21N3O2S. The zero-order valence-corrected chi connectivity index (χ0v) is 12.7. The van der Waals surface area contributed by atoms with Crippen molar-refractivity contribution in [3.8, 4) is 11.8 Å². The lowest BCUT2D eigenvalue weighted by atomic mass is 10.2. The monoisotopic (exact) mass is 295 g/mol. The molecule has 0 atom stereocenters. The fraction of sp³-hybridized carbons (Fsp3) is 0.429. The van der Waals surface area contributed by atoms with Crippen LogP contribution in [0.5, 0.6) is 0 Å². The van der Waals surface area contributed by atoms with Gasteiger partial charge in [-0.2, -0.15) is 0 Å². The van der Waals surface area contributed by atoms with Crippen molar-refractivity contribution in [2.45, 2.75) is 11.8 Å². The molecule has 1 aromatic rings. The van der Waals surface area contributed by atoms with Gasteiger partial charge in [0.15, 0.2) is 0 Å². The second-order valence-corrected chi connectivity index (χ2v) is 6.09. The SMILES string of the molecule is CCN(C)CCNS(=O)(=O)c1cccc(C#CCN)c1. The van der Waals surface area contributed by atoms with E-state index in [1.807, 2.05) is 18.9 Å². The van der Waals surface area contributed by atoms with Crippen molar-refractivity contribution in [1.82, 2.24) is 9.62 Å². The van der Waals surface area contributed by atoms with Crippen molar-refractivity contribution >= 4 is 10.0 Å². The van der Waals surface area contributed by atoms with E-state index in [4.69, 9.17) is 5.73 Å². The maximum atomic E-state index is 12.1.